The van der Waals surface area contributed by atoms with Crippen molar-refractivity contribution in [3.8, 4) is 0 Å². The molecule has 5 unspecified atom stereocenters. The van der Waals surface area contributed by atoms with Gasteiger partial charge in [0.05, 0.1) is 13.2 Å². The Morgan fingerprint density at radius 2 is 1.58 bits per heavy atom. The third-order valence-electron chi connectivity index (χ3n) is 4.08. The molecule has 1 aliphatic rings. The number of ether oxygens (including phenoxy) is 1. The number of aliphatic hydroxyl groups excluding tert-OH is 8. The number of carbonyl (C=O) groups is 1. The zero-order valence-electron chi connectivity index (χ0n) is 12.3. The van der Waals surface area contributed by atoms with E-state index in [4.69, 9.17) is 20.1 Å². The quantitative estimate of drug-likeness (QED) is 0.205. The van der Waals surface area contributed by atoms with Gasteiger partial charge in [-0.1, -0.05) is 0 Å². The van der Waals surface area contributed by atoms with Crippen molar-refractivity contribution in [3.63, 3.8) is 0 Å². The van der Waals surface area contributed by atoms with E-state index in [9.17, 15) is 40.5 Å². The van der Waals surface area contributed by atoms with Crippen molar-refractivity contribution in [1.82, 2.24) is 0 Å². The molecule has 12 nitrogen and oxygen atoms in total. The molecule has 0 aromatic heterocycles. The average Bonchev–Trinajstić information content (AvgIpc) is 2.56. The van der Waals surface area contributed by atoms with E-state index in [1.54, 1.807) is 0 Å². The van der Waals surface area contributed by atoms with Gasteiger partial charge in [-0.15, -0.1) is 0 Å². The molecule has 0 bridgehead atoms. The van der Waals surface area contributed by atoms with Gasteiger partial charge < -0.3 is 55.8 Å². The molecule has 12 heteroatoms. The van der Waals surface area contributed by atoms with E-state index >= 15 is 0 Å². The molecule has 0 aromatic carbocycles. The van der Waals surface area contributed by atoms with E-state index in [1.165, 1.54) is 0 Å². The van der Waals surface area contributed by atoms with Crippen LogP contribution in [0.25, 0.3) is 0 Å². The Balaban J connectivity index is 3.30. The van der Waals surface area contributed by atoms with Crippen LogP contribution in [0.3, 0.4) is 0 Å². The van der Waals surface area contributed by atoms with E-state index in [0.717, 1.165) is 0 Å². The normalized spacial score (nSPS) is 37.3. The Morgan fingerprint density at radius 1 is 1.04 bits per heavy atom. The third-order valence-corrected chi connectivity index (χ3v) is 4.08. The summed E-state index contributed by atoms with van der Waals surface area (Å²) in [6.45, 7) is -2.14. The van der Waals surface area contributed by atoms with Gasteiger partial charge in [-0.2, -0.15) is 0 Å². The lowest BCUT2D eigenvalue weighted by Gasteiger charge is -2.49. The predicted octanol–water partition coefficient (Wildman–Crippen LogP) is -6.28. The van der Waals surface area contributed by atoms with Gasteiger partial charge in [-0.25, -0.2) is 4.79 Å². The zero-order chi connectivity index (χ0) is 18.8. The molecule has 0 amide bonds. The van der Waals surface area contributed by atoms with Gasteiger partial charge in [-0.3, -0.25) is 0 Å². The lowest BCUT2D eigenvalue weighted by molar-refractivity contribution is -0.310. The monoisotopic (exact) mass is 358 g/mol. The smallest absolute Gasteiger partial charge is 0.335 e. The zero-order valence-corrected chi connectivity index (χ0v) is 12.3. The number of rotatable bonds is 7. The first-order valence-electron chi connectivity index (χ1n) is 6.94. The molecule has 1 rings (SSSR count). The Morgan fingerprint density at radius 3 is 2.00 bits per heavy atom. The van der Waals surface area contributed by atoms with Crippen LogP contribution in [0.15, 0.2) is 0 Å². The largest absolute Gasteiger partial charge is 0.479 e. The molecule has 0 aromatic rings. The van der Waals surface area contributed by atoms with Crippen LogP contribution in [-0.2, 0) is 9.53 Å². The Bertz CT molecular complexity index is 430. The summed E-state index contributed by atoms with van der Waals surface area (Å²) in [4.78, 5) is 10.8. The highest BCUT2D eigenvalue weighted by molar-refractivity contribution is 5.73. The fourth-order valence-electron chi connectivity index (χ4n) is 2.57. The number of aliphatic carboxylic acids is 1. The fraction of sp³-hybridized carbons (Fsp3) is 0.917. The number of hydrogen-bond acceptors (Lipinski definition) is 11. The molecule has 1 fully saturated rings. The molecule has 0 saturated carbocycles. The molecule has 0 spiro atoms. The molecule has 1 aliphatic heterocycles. The molecule has 10 N–H and O–H groups in total. The van der Waals surface area contributed by atoms with E-state index in [-0.39, 0.29) is 0 Å². The summed E-state index contributed by atoms with van der Waals surface area (Å²) in [6.07, 6.45) is -17.3. The molecule has 9 atom stereocenters. The van der Waals surface area contributed by atoms with Gasteiger partial charge in [0.1, 0.15) is 42.7 Å². The van der Waals surface area contributed by atoms with Gasteiger partial charge in [0, 0.05) is 0 Å². The lowest BCUT2D eigenvalue weighted by Crippen LogP contribution is -2.73. The van der Waals surface area contributed by atoms with Crippen molar-refractivity contribution in [2.24, 2.45) is 0 Å². The highest BCUT2D eigenvalue weighted by Crippen LogP contribution is 2.34. The Hall–Kier alpha value is -0.930. The molecule has 24 heavy (non-hydrogen) atoms. The summed E-state index contributed by atoms with van der Waals surface area (Å²) in [5.41, 5.74) is -3.17. The standard InChI is InChI=1S/C12H22O12/c13-1-3-5(16)6(17)7(18)10(24-3)12(23,4(15)2-14)9(20)8(19)11(21)22/h3-10,13-20,23H,1-2H2,(H,21,22)/t3-,4?,5-,6+,7-,8?,9?,10?,12?/m1/s1. The summed E-state index contributed by atoms with van der Waals surface area (Å²) in [7, 11) is 0. The van der Waals surface area contributed by atoms with Gasteiger partial charge in [0.2, 0.25) is 0 Å². The topological polar surface area (TPSA) is 229 Å². The second kappa shape index (κ2) is 7.97. The maximum absolute atomic E-state index is 10.8. The van der Waals surface area contributed by atoms with E-state index in [2.05, 4.69) is 0 Å². The molecular formula is C12H22O12. The van der Waals surface area contributed by atoms with Crippen LogP contribution in [-0.4, -0.2) is 125 Å². The molecule has 142 valence electrons. The molecule has 1 saturated heterocycles. The Kier molecular flexibility index (Phi) is 7.01. The highest BCUT2D eigenvalue weighted by atomic mass is 16.6. The lowest BCUT2D eigenvalue weighted by atomic mass is 9.76. The van der Waals surface area contributed by atoms with E-state index in [1.807, 2.05) is 0 Å². The van der Waals surface area contributed by atoms with Crippen LogP contribution in [0, 0.1) is 0 Å². The maximum Gasteiger partial charge on any atom is 0.335 e. The van der Waals surface area contributed by atoms with Crippen molar-refractivity contribution in [2.45, 2.75) is 54.4 Å². The van der Waals surface area contributed by atoms with E-state index in [0.29, 0.717) is 0 Å². The first-order chi connectivity index (χ1) is 11.0. The van der Waals surface area contributed by atoms with Crippen LogP contribution in [0.4, 0.5) is 0 Å². The van der Waals surface area contributed by atoms with Crippen LogP contribution in [0.5, 0.6) is 0 Å². The number of carboxylic acid groups (broad SMARTS) is 1. The maximum atomic E-state index is 10.8. The van der Waals surface area contributed by atoms with Crippen molar-refractivity contribution >= 4 is 5.97 Å². The van der Waals surface area contributed by atoms with Crippen LogP contribution >= 0.6 is 0 Å². The first kappa shape index (κ1) is 21.1. The second-order valence-corrected chi connectivity index (χ2v) is 5.56. The SMILES string of the molecule is O=C(O)C(O)C(O)C(O)(C(O)CO)C1O[C@H](CO)[C@@H](O)[C@H](O)[C@H]1O. The first-order valence-corrected chi connectivity index (χ1v) is 6.94. The van der Waals surface area contributed by atoms with Gasteiger partial charge >= 0.3 is 5.97 Å². The minimum absolute atomic E-state index is 0.898. The summed E-state index contributed by atoms with van der Waals surface area (Å²) in [5.74, 6) is -1.99. The molecule has 0 aliphatic carbocycles. The number of carboxylic acids is 1. The van der Waals surface area contributed by atoms with Gasteiger partial charge in [0.25, 0.3) is 0 Å². The summed E-state index contributed by atoms with van der Waals surface area (Å²) < 4.78 is 4.97. The minimum Gasteiger partial charge on any atom is -0.479 e. The molecular weight excluding hydrogens is 336 g/mol. The fourth-order valence-corrected chi connectivity index (χ4v) is 2.57. The van der Waals surface area contributed by atoms with E-state index < -0.39 is 73.6 Å². The van der Waals surface area contributed by atoms with Crippen molar-refractivity contribution in [3.05, 3.63) is 0 Å². The minimum atomic E-state index is -3.17. The van der Waals surface area contributed by atoms with Crippen LogP contribution in [0.2, 0.25) is 0 Å². The van der Waals surface area contributed by atoms with Crippen molar-refractivity contribution < 1.29 is 60.6 Å². The highest BCUT2D eigenvalue weighted by Gasteiger charge is 2.60. The summed E-state index contributed by atoms with van der Waals surface area (Å²) >= 11 is 0. The number of aliphatic hydroxyl groups is 9. The third kappa shape index (κ3) is 3.52. The molecule has 1 heterocycles. The van der Waals surface area contributed by atoms with Crippen molar-refractivity contribution in [1.29, 1.82) is 0 Å². The van der Waals surface area contributed by atoms with Crippen LogP contribution < -0.4 is 0 Å². The van der Waals surface area contributed by atoms with Gasteiger partial charge in [0.15, 0.2) is 11.7 Å². The number of hydrogen-bond donors (Lipinski definition) is 10. The second-order valence-electron chi connectivity index (χ2n) is 5.56. The van der Waals surface area contributed by atoms with Crippen molar-refractivity contribution in [2.75, 3.05) is 13.2 Å². The van der Waals surface area contributed by atoms with Crippen LogP contribution in [0.1, 0.15) is 0 Å². The average molecular weight is 358 g/mol. The predicted molar refractivity (Wildman–Crippen MR) is 71.5 cm³/mol. The Labute approximate surface area is 135 Å². The summed E-state index contributed by atoms with van der Waals surface area (Å²) in [6, 6.07) is 0. The molecule has 0 radical (unpaired) electrons. The van der Waals surface area contributed by atoms with Gasteiger partial charge in [-0.05, 0) is 0 Å². The summed E-state index contributed by atoms with van der Waals surface area (Å²) in [5, 5.41) is 95.9.